The van der Waals surface area contributed by atoms with Crippen LogP contribution in [0.4, 0.5) is 5.69 Å². The van der Waals surface area contributed by atoms with Crippen molar-refractivity contribution >= 4 is 27.5 Å². The molecule has 0 aliphatic carbocycles. The molecule has 0 radical (unpaired) electrons. The molecule has 20 heavy (non-hydrogen) atoms. The lowest BCUT2D eigenvalue weighted by molar-refractivity contribution is 0.102. The number of halogens is 1. The first-order valence-electron chi connectivity index (χ1n) is 5.83. The molecular formula is C14H13BrN2O3. The third-order valence-corrected chi connectivity index (χ3v) is 3.47. The second-order valence-corrected chi connectivity index (χ2v) is 4.99. The van der Waals surface area contributed by atoms with E-state index in [4.69, 9.17) is 4.74 Å². The highest BCUT2D eigenvalue weighted by atomic mass is 79.9. The van der Waals surface area contributed by atoms with Crippen LogP contribution in [0.2, 0.25) is 0 Å². The molecule has 104 valence electrons. The number of rotatable bonds is 3. The lowest BCUT2D eigenvalue weighted by Crippen LogP contribution is -2.21. The van der Waals surface area contributed by atoms with Crippen LogP contribution in [0.5, 0.6) is 5.75 Å². The summed E-state index contributed by atoms with van der Waals surface area (Å²) in [6, 6.07) is 8.56. The van der Waals surface area contributed by atoms with Gasteiger partial charge >= 0.3 is 0 Å². The molecule has 1 aromatic carbocycles. The van der Waals surface area contributed by atoms with Crippen molar-refractivity contribution < 1.29 is 9.53 Å². The summed E-state index contributed by atoms with van der Waals surface area (Å²) in [5.74, 6) is -0.0954. The zero-order chi connectivity index (χ0) is 14.7. The fourth-order valence-electron chi connectivity index (χ4n) is 1.70. The van der Waals surface area contributed by atoms with Gasteiger partial charge in [-0.3, -0.25) is 9.59 Å². The molecule has 0 saturated carbocycles. The van der Waals surface area contributed by atoms with Crippen LogP contribution < -0.4 is 15.6 Å². The Balaban J connectivity index is 2.37. The van der Waals surface area contributed by atoms with Crippen LogP contribution in [-0.2, 0) is 7.05 Å². The molecule has 0 aliphatic heterocycles. The summed E-state index contributed by atoms with van der Waals surface area (Å²) in [6.45, 7) is 0. The van der Waals surface area contributed by atoms with E-state index in [0.717, 1.165) is 4.47 Å². The molecule has 0 saturated heterocycles. The molecule has 0 unspecified atom stereocenters. The van der Waals surface area contributed by atoms with Crippen LogP contribution in [0.1, 0.15) is 10.4 Å². The van der Waals surface area contributed by atoms with Crippen LogP contribution >= 0.6 is 15.9 Å². The monoisotopic (exact) mass is 336 g/mol. The molecule has 2 rings (SSSR count). The first-order chi connectivity index (χ1) is 9.52. The molecular weight excluding hydrogens is 324 g/mol. The standard InChI is InChI=1S/C14H13BrN2O3/c1-17-8-9(12(20-2)7-13(17)18)14(19)16-11-6-4-3-5-10(11)15/h3-8H,1-2H3,(H,16,19). The van der Waals surface area contributed by atoms with Crippen LogP contribution in [0.15, 0.2) is 45.8 Å². The van der Waals surface area contributed by atoms with Gasteiger partial charge in [0.15, 0.2) is 0 Å². The number of nitrogens with zero attached hydrogens (tertiary/aromatic N) is 1. The van der Waals surface area contributed by atoms with Gasteiger partial charge in [0, 0.05) is 23.8 Å². The minimum absolute atomic E-state index is 0.237. The third-order valence-electron chi connectivity index (χ3n) is 2.78. The van der Waals surface area contributed by atoms with Gasteiger partial charge in [-0.25, -0.2) is 0 Å². The predicted octanol–water partition coefficient (Wildman–Crippen LogP) is 2.41. The summed E-state index contributed by atoms with van der Waals surface area (Å²) in [5, 5.41) is 2.77. The number of para-hydroxylation sites is 1. The minimum atomic E-state index is -0.343. The number of ether oxygens (including phenoxy) is 1. The van der Waals surface area contributed by atoms with Crippen molar-refractivity contribution in [3.05, 3.63) is 56.9 Å². The smallest absolute Gasteiger partial charge is 0.260 e. The molecule has 1 aromatic heterocycles. The summed E-state index contributed by atoms with van der Waals surface area (Å²) in [6.07, 6.45) is 1.45. The fraction of sp³-hybridized carbons (Fsp3) is 0.143. The minimum Gasteiger partial charge on any atom is -0.496 e. The van der Waals surface area contributed by atoms with E-state index in [1.807, 2.05) is 18.2 Å². The number of aryl methyl sites for hydroxylation is 1. The molecule has 5 nitrogen and oxygen atoms in total. The normalized spacial score (nSPS) is 10.2. The second kappa shape index (κ2) is 5.92. The molecule has 0 atom stereocenters. The van der Waals surface area contributed by atoms with E-state index in [9.17, 15) is 9.59 Å². The van der Waals surface area contributed by atoms with Gasteiger partial charge in [-0.2, -0.15) is 0 Å². The number of nitrogens with one attached hydrogen (secondary N) is 1. The second-order valence-electron chi connectivity index (χ2n) is 4.14. The predicted molar refractivity (Wildman–Crippen MR) is 80.3 cm³/mol. The number of benzene rings is 1. The summed E-state index contributed by atoms with van der Waals surface area (Å²) in [7, 11) is 3.00. The summed E-state index contributed by atoms with van der Waals surface area (Å²) < 4.78 is 7.19. The quantitative estimate of drug-likeness (QED) is 0.936. The van der Waals surface area contributed by atoms with Gasteiger partial charge in [0.25, 0.3) is 11.5 Å². The van der Waals surface area contributed by atoms with E-state index in [1.165, 1.54) is 23.9 Å². The molecule has 0 bridgehead atoms. The number of aromatic nitrogens is 1. The first-order valence-corrected chi connectivity index (χ1v) is 6.62. The number of anilines is 1. The molecule has 6 heteroatoms. The number of amides is 1. The zero-order valence-corrected chi connectivity index (χ0v) is 12.6. The van der Waals surface area contributed by atoms with E-state index in [2.05, 4.69) is 21.2 Å². The zero-order valence-electron chi connectivity index (χ0n) is 11.0. The summed E-state index contributed by atoms with van der Waals surface area (Å²) >= 11 is 3.36. The highest BCUT2D eigenvalue weighted by Crippen LogP contribution is 2.23. The van der Waals surface area contributed by atoms with Crippen molar-refractivity contribution in [2.45, 2.75) is 0 Å². The lowest BCUT2D eigenvalue weighted by Gasteiger charge is -2.11. The van der Waals surface area contributed by atoms with Crippen molar-refractivity contribution in [2.24, 2.45) is 7.05 Å². The SMILES string of the molecule is COc1cc(=O)n(C)cc1C(=O)Nc1ccccc1Br. The Hall–Kier alpha value is -2.08. The molecule has 0 aliphatic rings. The van der Waals surface area contributed by atoms with Gasteiger partial charge in [0.05, 0.1) is 18.4 Å². The average molecular weight is 337 g/mol. The summed E-state index contributed by atoms with van der Waals surface area (Å²) in [5.41, 5.74) is 0.707. The molecule has 0 spiro atoms. The first kappa shape index (κ1) is 14.3. The maximum absolute atomic E-state index is 12.3. The van der Waals surface area contributed by atoms with Gasteiger partial charge in [-0.1, -0.05) is 12.1 Å². The van der Waals surface area contributed by atoms with E-state index in [1.54, 1.807) is 13.1 Å². The van der Waals surface area contributed by atoms with Crippen molar-refractivity contribution in [3.63, 3.8) is 0 Å². The molecule has 0 fully saturated rings. The van der Waals surface area contributed by atoms with Gasteiger partial charge in [0.1, 0.15) is 5.75 Å². The number of methoxy groups -OCH3 is 1. The Labute approximate surface area is 124 Å². The third kappa shape index (κ3) is 2.91. The number of pyridine rings is 1. The van der Waals surface area contributed by atoms with E-state index >= 15 is 0 Å². The van der Waals surface area contributed by atoms with Crippen LogP contribution in [0, 0.1) is 0 Å². The van der Waals surface area contributed by atoms with Crippen LogP contribution in [-0.4, -0.2) is 17.6 Å². The van der Waals surface area contributed by atoms with Crippen molar-refractivity contribution in [3.8, 4) is 5.75 Å². The van der Waals surface area contributed by atoms with Crippen molar-refractivity contribution in [1.82, 2.24) is 4.57 Å². The highest BCUT2D eigenvalue weighted by Gasteiger charge is 2.15. The Bertz CT molecular complexity index is 710. The maximum atomic E-state index is 12.3. The van der Waals surface area contributed by atoms with Crippen molar-refractivity contribution in [2.75, 3.05) is 12.4 Å². The largest absolute Gasteiger partial charge is 0.496 e. The molecule has 1 N–H and O–H groups in total. The van der Waals surface area contributed by atoms with Gasteiger partial charge in [-0.15, -0.1) is 0 Å². The Kier molecular flexibility index (Phi) is 4.24. The van der Waals surface area contributed by atoms with Gasteiger partial charge < -0.3 is 14.6 Å². The van der Waals surface area contributed by atoms with E-state index in [-0.39, 0.29) is 17.2 Å². The lowest BCUT2D eigenvalue weighted by atomic mass is 10.2. The topological polar surface area (TPSA) is 60.3 Å². The molecule has 1 heterocycles. The molecule has 1 amide bonds. The summed E-state index contributed by atoms with van der Waals surface area (Å²) in [4.78, 5) is 23.8. The van der Waals surface area contributed by atoms with Gasteiger partial charge in [0.2, 0.25) is 0 Å². The fourth-order valence-corrected chi connectivity index (χ4v) is 2.09. The van der Waals surface area contributed by atoms with E-state index in [0.29, 0.717) is 11.3 Å². The number of hydrogen-bond donors (Lipinski definition) is 1. The Morgan fingerprint density at radius 3 is 2.70 bits per heavy atom. The number of carbonyl (C=O) groups is 1. The van der Waals surface area contributed by atoms with Crippen LogP contribution in [0.3, 0.4) is 0 Å². The van der Waals surface area contributed by atoms with Gasteiger partial charge in [-0.05, 0) is 28.1 Å². The van der Waals surface area contributed by atoms with Crippen LogP contribution in [0.25, 0.3) is 0 Å². The number of hydrogen-bond acceptors (Lipinski definition) is 3. The van der Waals surface area contributed by atoms with Crippen molar-refractivity contribution in [1.29, 1.82) is 0 Å². The number of carbonyl (C=O) groups excluding carboxylic acids is 1. The van der Waals surface area contributed by atoms with E-state index < -0.39 is 0 Å². The Morgan fingerprint density at radius 1 is 1.35 bits per heavy atom. The molecule has 2 aromatic rings. The highest BCUT2D eigenvalue weighted by molar-refractivity contribution is 9.10. The Morgan fingerprint density at radius 2 is 2.05 bits per heavy atom. The average Bonchev–Trinajstić information content (AvgIpc) is 2.43. The maximum Gasteiger partial charge on any atom is 0.260 e.